The third-order valence-electron chi connectivity index (χ3n) is 1.34. The van der Waals surface area contributed by atoms with E-state index in [1.54, 1.807) is 30.2 Å². The fourth-order valence-electron chi connectivity index (χ4n) is 0.706. The highest BCUT2D eigenvalue weighted by molar-refractivity contribution is 8.04. The van der Waals surface area contributed by atoms with Crippen molar-refractivity contribution in [3.63, 3.8) is 0 Å². The van der Waals surface area contributed by atoms with E-state index in [4.69, 9.17) is 0 Å². The third kappa shape index (κ3) is 8.95. The van der Waals surface area contributed by atoms with Crippen molar-refractivity contribution in [1.29, 1.82) is 0 Å². The molecule has 0 saturated carbocycles. The van der Waals surface area contributed by atoms with E-state index < -0.39 is 0 Å². The zero-order chi connectivity index (χ0) is 12.0. The summed E-state index contributed by atoms with van der Waals surface area (Å²) in [6, 6.07) is 1.72. The van der Waals surface area contributed by atoms with Crippen molar-refractivity contribution in [2.45, 2.75) is 0 Å². The number of hydrogen-bond acceptors (Lipinski definition) is 5. The van der Waals surface area contributed by atoms with Gasteiger partial charge in [0.25, 0.3) is 0 Å². The highest BCUT2D eigenvalue weighted by Crippen LogP contribution is 2.06. The topological polar surface area (TPSA) is 52.1 Å². The number of hydrogen-bond donors (Lipinski definition) is 0. The minimum absolute atomic E-state index is 1.38. The van der Waals surface area contributed by atoms with E-state index in [0.29, 0.717) is 0 Å². The molecule has 3 rings (SSSR count). The molecule has 0 unspecified atom stereocenters. The number of nitrogens with zero attached hydrogens (tertiary/aromatic N) is 2. The Kier molecular flexibility index (Phi) is 8.07. The third-order valence-corrected chi connectivity index (χ3v) is 1.97. The largest absolute Gasteiger partial charge is 0.452 e. The van der Waals surface area contributed by atoms with Gasteiger partial charge in [-0.25, -0.2) is 4.98 Å². The van der Waals surface area contributed by atoms with Gasteiger partial charge in [-0.05, 0) is 16.9 Å². The van der Waals surface area contributed by atoms with E-state index in [2.05, 4.69) is 19.1 Å². The molecule has 0 aromatic carbocycles. The number of allylic oxidation sites excluding steroid dienone is 4. The summed E-state index contributed by atoms with van der Waals surface area (Å²) in [6.45, 7) is 0. The summed E-state index contributed by atoms with van der Waals surface area (Å²) < 4.78 is 8.81. The fraction of sp³-hybridized carbons (Fsp3) is 0. The lowest BCUT2D eigenvalue weighted by Crippen LogP contribution is -1.38. The molecule has 2 aromatic rings. The van der Waals surface area contributed by atoms with Gasteiger partial charge in [-0.15, -0.1) is 11.8 Å². The highest BCUT2D eigenvalue weighted by Gasteiger charge is 1.71. The van der Waals surface area contributed by atoms with Crippen LogP contribution in [-0.2, 0) is 0 Å². The van der Waals surface area contributed by atoms with Crippen molar-refractivity contribution in [2.24, 2.45) is 0 Å². The van der Waals surface area contributed by atoms with Crippen LogP contribution in [0.2, 0.25) is 0 Å². The van der Waals surface area contributed by atoms with Gasteiger partial charge in [0.05, 0.1) is 12.4 Å². The molecular weight excluding hydrogens is 236 g/mol. The molecule has 5 heteroatoms. The zero-order valence-electron chi connectivity index (χ0n) is 9.05. The Morgan fingerprint density at radius 2 is 1.71 bits per heavy atom. The lowest BCUT2D eigenvalue weighted by atomic mass is 10.5. The van der Waals surface area contributed by atoms with Crippen LogP contribution in [0.4, 0.5) is 0 Å². The Balaban J connectivity index is 0.000000130. The molecule has 1 aliphatic heterocycles. The maximum absolute atomic E-state index is 4.47. The summed E-state index contributed by atoms with van der Waals surface area (Å²) >= 11 is 1.69. The second-order valence-corrected chi connectivity index (χ2v) is 3.36. The molecule has 17 heavy (non-hydrogen) atoms. The van der Waals surface area contributed by atoms with E-state index in [1.807, 2.05) is 35.1 Å². The van der Waals surface area contributed by atoms with Crippen LogP contribution in [0, 0.1) is 0 Å². The zero-order valence-corrected chi connectivity index (χ0v) is 9.86. The van der Waals surface area contributed by atoms with Gasteiger partial charge in [0, 0.05) is 0 Å². The molecule has 0 bridgehead atoms. The Bertz CT molecular complexity index is 345. The fourth-order valence-corrected chi connectivity index (χ4v) is 1.16. The molecule has 1 aliphatic rings. The first-order valence-corrected chi connectivity index (χ1v) is 5.75. The minimum atomic E-state index is 1.38. The van der Waals surface area contributed by atoms with Crippen molar-refractivity contribution in [3.8, 4) is 0 Å². The van der Waals surface area contributed by atoms with Gasteiger partial charge in [0.1, 0.15) is 12.5 Å². The maximum atomic E-state index is 4.47. The first-order valence-electron chi connectivity index (χ1n) is 4.80. The van der Waals surface area contributed by atoms with Crippen LogP contribution in [0.5, 0.6) is 0 Å². The van der Waals surface area contributed by atoms with E-state index >= 15 is 0 Å². The van der Waals surface area contributed by atoms with E-state index in [1.165, 1.54) is 18.9 Å². The van der Waals surface area contributed by atoms with Gasteiger partial charge < -0.3 is 8.94 Å². The van der Waals surface area contributed by atoms with Crippen molar-refractivity contribution in [2.75, 3.05) is 0 Å². The lowest BCUT2D eigenvalue weighted by Gasteiger charge is -1.69. The molecule has 0 radical (unpaired) electrons. The molecule has 0 spiro atoms. The summed E-state index contributed by atoms with van der Waals surface area (Å²) in [5.74, 6) is 0. The number of aromatic nitrogens is 2. The van der Waals surface area contributed by atoms with Crippen LogP contribution in [0.3, 0.4) is 0 Å². The predicted octanol–water partition coefficient (Wildman–Crippen LogP) is 3.67. The SMILES string of the molecule is C1=CC=CSC=C1.c1cnoc1.c1cocn1. The second-order valence-electron chi connectivity index (χ2n) is 2.54. The Morgan fingerprint density at radius 1 is 0.882 bits per heavy atom. The Hall–Kier alpha value is -2.01. The van der Waals surface area contributed by atoms with Crippen LogP contribution in [0.1, 0.15) is 0 Å². The van der Waals surface area contributed by atoms with Crippen LogP contribution >= 0.6 is 11.8 Å². The summed E-state index contributed by atoms with van der Waals surface area (Å²) in [4.78, 5) is 3.56. The van der Waals surface area contributed by atoms with Gasteiger partial charge in [-0.3, -0.25) is 0 Å². The van der Waals surface area contributed by atoms with Crippen LogP contribution in [-0.4, -0.2) is 10.1 Å². The molecule has 0 saturated heterocycles. The molecule has 3 heterocycles. The normalized spacial score (nSPS) is 11.8. The van der Waals surface area contributed by atoms with E-state index in [0.717, 1.165) is 0 Å². The van der Waals surface area contributed by atoms with Gasteiger partial charge in [0.2, 0.25) is 0 Å². The molecule has 4 nitrogen and oxygen atoms in total. The quantitative estimate of drug-likeness (QED) is 0.712. The molecular formula is C12H12N2O2S. The van der Waals surface area contributed by atoms with Crippen molar-refractivity contribution >= 4 is 11.8 Å². The van der Waals surface area contributed by atoms with Crippen molar-refractivity contribution in [3.05, 3.63) is 72.5 Å². The number of thioether (sulfide) groups is 1. The van der Waals surface area contributed by atoms with Crippen molar-refractivity contribution < 1.29 is 8.94 Å². The van der Waals surface area contributed by atoms with Gasteiger partial charge in [0.15, 0.2) is 6.39 Å². The molecule has 0 aliphatic carbocycles. The molecule has 0 fully saturated rings. The molecule has 2 aromatic heterocycles. The second kappa shape index (κ2) is 10.5. The van der Waals surface area contributed by atoms with Crippen LogP contribution in [0.25, 0.3) is 0 Å². The first-order chi connectivity index (χ1) is 8.50. The van der Waals surface area contributed by atoms with Gasteiger partial charge in [-0.1, -0.05) is 29.5 Å². The Labute approximate surface area is 104 Å². The minimum Gasteiger partial charge on any atom is -0.452 e. The van der Waals surface area contributed by atoms with E-state index in [9.17, 15) is 0 Å². The lowest BCUT2D eigenvalue weighted by molar-refractivity contribution is 0.420. The predicted molar refractivity (Wildman–Crippen MR) is 68.0 cm³/mol. The highest BCUT2D eigenvalue weighted by atomic mass is 32.2. The average molecular weight is 248 g/mol. The van der Waals surface area contributed by atoms with Gasteiger partial charge in [-0.2, -0.15) is 0 Å². The number of rotatable bonds is 0. The summed E-state index contributed by atoms with van der Waals surface area (Å²) in [7, 11) is 0. The standard InChI is InChI=1S/C6H6S.2C3H3NO/c1-2-4-6-7-5-3-1;1-2-5-3-4-1;1-2-4-5-3-1/h1-6H;2*1-3H. The maximum Gasteiger partial charge on any atom is 0.180 e. The monoisotopic (exact) mass is 248 g/mol. The molecule has 0 N–H and O–H groups in total. The Morgan fingerprint density at radius 3 is 2.06 bits per heavy atom. The van der Waals surface area contributed by atoms with Crippen LogP contribution in [0.15, 0.2) is 81.4 Å². The van der Waals surface area contributed by atoms with Gasteiger partial charge >= 0.3 is 0 Å². The number of oxazole rings is 1. The molecule has 88 valence electrons. The first kappa shape index (κ1) is 13.1. The van der Waals surface area contributed by atoms with Crippen molar-refractivity contribution in [1.82, 2.24) is 10.1 Å². The van der Waals surface area contributed by atoms with E-state index in [-0.39, 0.29) is 0 Å². The molecule has 0 atom stereocenters. The smallest absolute Gasteiger partial charge is 0.180 e. The summed E-state index contributed by atoms with van der Waals surface area (Å²) in [5.41, 5.74) is 0. The molecule has 0 amide bonds. The summed E-state index contributed by atoms with van der Waals surface area (Å²) in [5, 5.41) is 7.43. The average Bonchev–Trinajstić information content (AvgIpc) is 3.04. The summed E-state index contributed by atoms with van der Waals surface area (Å²) in [6.07, 6.45) is 15.6. The van der Waals surface area contributed by atoms with Crippen LogP contribution < -0.4 is 0 Å².